The smallest absolute Gasteiger partial charge is 0.412 e. The Hall–Kier alpha value is -2.94. The molecule has 0 spiro atoms. The summed E-state index contributed by atoms with van der Waals surface area (Å²) in [6.45, 7) is 2.75. The number of nitrogens with zero attached hydrogens (tertiary/aromatic N) is 2. The summed E-state index contributed by atoms with van der Waals surface area (Å²) in [5.41, 5.74) is 2.60. The molecule has 0 aliphatic carbocycles. The van der Waals surface area contributed by atoms with Crippen molar-refractivity contribution >= 4 is 11.8 Å². The van der Waals surface area contributed by atoms with Crippen LogP contribution in [0.1, 0.15) is 23.6 Å². The second-order valence-electron chi connectivity index (χ2n) is 8.12. The molecule has 3 atom stereocenters. The molecule has 32 heavy (non-hydrogen) atoms. The summed E-state index contributed by atoms with van der Waals surface area (Å²) < 4.78 is 27.2. The van der Waals surface area contributed by atoms with Crippen LogP contribution >= 0.6 is 0 Å². The Labute approximate surface area is 186 Å². The van der Waals surface area contributed by atoms with Gasteiger partial charge in [-0.15, -0.1) is 0 Å². The van der Waals surface area contributed by atoms with Crippen molar-refractivity contribution in [2.75, 3.05) is 13.6 Å². The average Bonchev–Trinajstić information content (AvgIpc) is 3.14. The molecule has 1 aliphatic heterocycles. The number of rotatable bonds is 10. The number of quaternary nitrogens is 1. The zero-order chi connectivity index (χ0) is 23.3. The molecule has 0 saturated carbocycles. The van der Waals surface area contributed by atoms with Crippen molar-refractivity contribution in [3.63, 3.8) is 0 Å². The van der Waals surface area contributed by atoms with Gasteiger partial charge in [0.2, 0.25) is 0 Å². The molecule has 0 fully saturated rings. The van der Waals surface area contributed by atoms with Gasteiger partial charge in [0.15, 0.2) is 0 Å². The molecule has 3 rings (SSSR count). The van der Waals surface area contributed by atoms with E-state index in [9.17, 15) is 23.8 Å². The summed E-state index contributed by atoms with van der Waals surface area (Å²) >= 11 is 0. The first kappa shape index (κ1) is 23.7. The van der Waals surface area contributed by atoms with Crippen molar-refractivity contribution in [2.24, 2.45) is 4.99 Å². The van der Waals surface area contributed by atoms with Crippen LogP contribution < -0.4 is 5.32 Å². The summed E-state index contributed by atoms with van der Waals surface area (Å²) in [5.74, 6) is -2.84. The van der Waals surface area contributed by atoms with E-state index in [4.69, 9.17) is 0 Å². The first-order valence-corrected chi connectivity index (χ1v) is 10.5. The van der Waals surface area contributed by atoms with Crippen molar-refractivity contribution in [2.45, 2.75) is 38.5 Å². The predicted octanol–water partition coefficient (Wildman–Crippen LogP) is 3.00. The quantitative estimate of drug-likeness (QED) is 0.492. The molecule has 2 aromatic carbocycles. The van der Waals surface area contributed by atoms with Crippen molar-refractivity contribution in [3.8, 4) is 0 Å². The number of aliphatic imine (C=N–C) groups is 1. The lowest BCUT2D eigenvalue weighted by atomic mass is 9.97. The van der Waals surface area contributed by atoms with E-state index >= 15 is 0 Å². The minimum absolute atomic E-state index is 0.0516. The van der Waals surface area contributed by atoms with Crippen LogP contribution in [0, 0.1) is 11.6 Å². The minimum atomic E-state index is -1.22. The van der Waals surface area contributed by atoms with Crippen LogP contribution in [-0.4, -0.2) is 52.2 Å². The van der Waals surface area contributed by atoms with Crippen molar-refractivity contribution < 1.29 is 28.3 Å². The van der Waals surface area contributed by atoms with Gasteiger partial charge in [-0.3, -0.25) is 0 Å². The number of aryl methyl sites for hydroxylation is 1. The number of amidine groups is 1. The average molecular weight is 445 g/mol. The van der Waals surface area contributed by atoms with E-state index in [1.807, 2.05) is 18.2 Å². The molecule has 0 radical (unpaired) electrons. The van der Waals surface area contributed by atoms with Crippen LogP contribution in [0.5, 0.6) is 0 Å². The molecule has 3 N–H and O–H groups in total. The SMILES string of the molecule is CCc1cccc(CNC[C@H](O)[C@H](Cc2cc(F)cc(F)c2)[N+]2(C)C=CN=C2C(=O)O)c1. The number of aliphatic hydroxyl groups is 1. The van der Waals surface area contributed by atoms with Crippen LogP contribution in [-0.2, 0) is 24.2 Å². The highest BCUT2D eigenvalue weighted by Gasteiger charge is 2.46. The molecule has 0 bridgehead atoms. The van der Waals surface area contributed by atoms with E-state index < -0.39 is 29.7 Å². The summed E-state index contributed by atoms with van der Waals surface area (Å²) in [7, 11) is 1.62. The molecular weight excluding hydrogens is 416 g/mol. The van der Waals surface area contributed by atoms with E-state index in [0.717, 1.165) is 18.1 Å². The molecular formula is C24H28F2N3O3+. The van der Waals surface area contributed by atoms with Crippen LogP contribution in [0.3, 0.4) is 0 Å². The number of likely N-dealkylation sites (N-methyl/N-ethyl adjacent to an activating group) is 1. The Kier molecular flexibility index (Phi) is 7.50. The van der Waals surface area contributed by atoms with Gasteiger partial charge in [-0.25, -0.2) is 18.1 Å². The molecule has 2 aromatic rings. The first-order valence-electron chi connectivity index (χ1n) is 10.5. The number of carbonyl (C=O) groups is 1. The van der Waals surface area contributed by atoms with E-state index in [1.165, 1.54) is 23.9 Å². The Morgan fingerprint density at radius 1 is 1.12 bits per heavy atom. The molecule has 0 aromatic heterocycles. The molecule has 1 aliphatic rings. The largest absolute Gasteiger partial charge is 0.472 e. The van der Waals surface area contributed by atoms with Gasteiger partial charge in [-0.2, -0.15) is 4.99 Å². The maximum Gasteiger partial charge on any atom is 0.412 e. The Morgan fingerprint density at radius 2 is 1.81 bits per heavy atom. The van der Waals surface area contributed by atoms with Crippen molar-refractivity contribution in [3.05, 3.63) is 83.2 Å². The number of nitrogens with one attached hydrogen (secondary N) is 1. The third-order valence-corrected chi connectivity index (χ3v) is 5.80. The van der Waals surface area contributed by atoms with Gasteiger partial charge in [-0.05, 0) is 35.2 Å². The van der Waals surface area contributed by atoms with E-state index in [1.54, 1.807) is 13.2 Å². The van der Waals surface area contributed by atoms with Crippen molar-refractivity contribution in [1.29, 1.82) is 0 Å². The number of carboxylic acid groups (broad SMARTS) is 1. The highest BCUT2D eigenvalue weighted by Crippen LogP contribution is 2.26. The Bertz CT molecular complexity index is 1020. The number of benzene rings is 2. The number of halogens is 2. The number of carboxylic acids is 1. The fourth-order valence-electron chi connectivity index (χ4n) is 4.08. The van der Waals surface area contributed by atoms with Gasteiger partial charge in [0.1, 0.15) is 30.0 Å². The normalized spacial score (nSPS) is 19.6. The molecule has 1 heterocycles. The maximum atomic E-state index is 13.8. The third kappa shape index (κ3) is 5.45. The summed E-state index contributed by atoms with van der Waals surface area (Å²) in [5, 5.41) is 23.9. The van der Waals surface area contributed by atoms with Crippen LogP contribution in [0.2, 0.25) is 0 Å². The minimum Gasteiger partial charge on any atom is -0.472 e. The fraction of sp³-hybridized carbons (Fsp3) is 0.333. The lowest BCUT2D eigenvalue weighted by Gasteiger charge is -2.37. The molecule has 0 saturated heterocycles. The van der Waals surface area contributed by atoms with Crippen LogP contribution in [0.15, 0.2) is 59.9 Å². The van der Waals surface area contributed by atoms with Gasteiger partial charge in [0.05, 0.1) is 13.2 Å². The van der Waals surface area contributed by atoms with E-state index in [-0.39, 0.29) is 23.3 Å². The number of aliphatic hydroxyl groups excluding tert-OH is 1. The first-order chi connectivity index (χ1) is 15.2. The second kappa shape index (κ2) is 10.1. The van der Waals surface area contributed by atoms with Crippen LogP contribution in [0.25, 0.3) is 0 Å². The second-order valence-corrected chi connectivity index (χ2v) is 8.12. The van der Waals surface area contributed by atoms with Gasteiger partial charge in [0.25, 0.3) is 0 Å². The molecule has 170 valence electrons. The summed E-state index contributed by atoms with van der Waals surface area (Å²) in [6.07, 6.45) is 2.89. The predicted molar refractivity (Wildman–Crippen MR) is 118 cm³/mol. The molecule has 6 nitrogen and oxygen atoms in total. The zero-order valence-corrected chi connectivity index (χ0v) is 18.1. The standard InChI is InChI=1S/C24H27F2N3O3/c1-3-16-5-4-6-17(9-16)14-27-15-22(30)21(12-18-10-19(25)13-20(26)11-18)29(2)8-7-28-23(29)24(31)32/h4-11,13,21-22,27,30H,3,12,14-15H2,1-2H3/p+1/t21-,22-,29?/m0/s1. The highest BCUT2D eigenvalue weighted by molar-refractivity contribution is 6.31. The zero-order valence-electron chi connectivity index (χ0n) is 18.1. The molecule has 0 amide bonds. The number of hydrogen-bond donors (Lipinski definition) is 3. The number of hydrogen-bond acceptors (Lipinski definition) is 4. The summed E-state index contributed by atoms with van der Waals surface area (Å²) in [6, 6.07) is 10.5. The lowest BCUT2D eigenvalue weighted by Crippen LogP contribution is -2.60. The lowest BCUT2D eigenvalue weighted by molar-refractivity contribution is -0.796. The van der Waals surface area contributed by atoms with E-state index in [0.29, 0.717) is 12.1 Å². The monoisotopic (exact) mass is 444 g/mol. The third-order valence-electron chi connectivity index (χ3n) is 5.80. The van der Waals surface area contributed by atoms with E-state index in [2.05, 4.69) is 23.3 Å². The van der Waals surface area contributed by atoms with Crippen molar-refractivity contribution in [1.82, 2.24) is 5.32 Å². The highest BCUT2D eigenvalue weighted by atomic mass is 19.1. The number of aliphatic carboxylic acids is 1. The van der Waals surface area contributed by atoms with Crippen LogP contribution in [0.4, 0.5) is 8.78 Å². The van der Waals surface area contributed by atoms with Gasteiger partial charge >= 0.3 is 11.8 Å². The fourth-order valence-corrected chi connectivity index (χ4v) is 4.08. The van der Waals surface area contributed by atoms with Gasteiger partial charge < -0.3 is 15.5 Å². The molecule has 8 heteroatoms. The molecule has 1 unspecified atom stereocenters. The Morgan fingerprint density at radius 3 is 2.47 bits per heavy atom. The summed E-state index contributed by atoms with van der Waals surface area (Å²) in [4.78, 5) is 15.7. The Balaban J connectivity index is 1.80. The van der Waals surface area contributed by atoms with Gasteiger partial charge in [-0.1, -0.05) is 31.2 Å². The van der Waals surface area contributed by atoms with Gasteiger partial charge in [0, 0.05) is 25.6 Å². The topological polar surface area (TPSA) is 81.9 Å². The maximum absolute atomic E-state index is 13.8.